The number of rotatable bonds is 5. The Morgan fingerprint density at radius 3 is 2.71 bits per heavy atom. The minimum Gasteiger partial charge on any atom is -0.497 e. The maximum Gasteiger partial charge on any atom is 0.314 e. The molecule has 0 aliphatic heterocycles. The Hall–Kier alpha value is -2.23. The van der Waals surface area contributed by atoms with E-state index in [2.05, 4.69) is 41.8 Å². The first-order valence-corrected chi connectivity index (χ1v) is 7.23. The molecule has 0 aliphatic rings. The molecule has 0 fully saturated rings. The van der Waals surface area contributed by atoms with Gasteiger partial charge in [0.15, 0.2) is 0 Å². The van der Waals surface area contributed by atoms with E-state index in [9.17, 15) is 4.79 Å². The second-order valence-electron chi connectivity index (χ2n) is 4.95. The van der Waals surface area contributed by atoms with Crippen LogP contribution in [0.5, 0.6) is 5.75 Å². The van der Waals surface area contributed by atoms with Gasteiger partial charge in [-0.2, -0.15) is 0 Å². The maximum absolute atomic E-state index is 11.2. The van der Waals surface area contributed by atoms with Crippen molar-refractivity contribution in [3.8, 4) is 5.75 Å². The molecule has 0 saturated heterocycles. The third-order valence-corrected chi connectivity index (χ3v) is 3.62. The molecular formula is C17H22N2O2. The zero-order valence-electron chi connectivity index (χ0n) is 12.8. The summed E-state index contributed by atoms with van der Waals surface area (Å²) in [5.74, 6) is 0.854. The maximum atomic E-state index is 11.2. The predicted molar refractivity (Wildman–Crippen MR) is 86.0 cm³/mol. The molecule has 2 aromatic carbocycles. The van der Waals surface area contributed by atoms with E-state index in [1.54, 1.807) is 14.2 Å². The van der Waals surface area contributed by atoms with Crippen LogP contribution in [0.15, 0.2) is 30.3 Å². The summed E-state index contributed by atoms with van der Waals surface area (Å²) in [5, 5.41) is 7.79. The van der Waals surface area contributed by atoms with E-state index >= 15 is 0 Å². The molecule has 0 atom stereocenters. The van der Waals surface area contributed by atoms with Crippen LogP contribution in [-0.4, -0.2) is 26.7 Å². The number of fused-ring (bicyclic) bond motifs is 1. The summed E-state index contributed by atoms with van der Waals surface area (Å²) in [5.41, 5.74) is 2.54. The monoisotopic (exact) mass is 286 g/mol. The number of amides is 2. The van der Waals surface area contributed by atoms with E-state index in [1.165, 1.54) is 21.9 Å². The first-order chi connectivity index (χ1) is 10.2. The number of aryl methyl sites for hydroxylation is 1. The van der Waals surface area contributed by atoms with E-state index in [1.807, 2.05) is 6.07 Å². The van der Waals surface area contributed by atoms with Gasteiger partial charge in [0, 0.05) is 13.6 Å². The fraction of sp³-hybridized carbons (Fsp3) is 0.353. The van der Waals surface area contributed by atoms with Crippen LogP contribution >= 0.6 is 0 Å². The van der Waals surface area contributed by atoms with E-state index in [-0.39, 0.29) is 6.03 Å². The minimum absolute atomic E-state index is 0.150. The van der Waals surface area contributed by atoms with Crippen LogP contribution in [0.4, 0.5) is 4.79 Å². The molecule has 4 heteroatoms. The Morgan fingerprint density at radius 2 is 2.05 bits per heavy atom. The first kappa shape index (κ1) is 15.2. The van der Waals surface area contributed by atoms with Crippen LogP contribution in [0, 0.1) is 0 Å². The zero-order chi connectivity index (χ0) is 15.2. The number of hydrogen-bond donors (Lipinski definition) is 2. The van der Waals surface area contributed by atoms with Gasteiger partial charge in [0.1, 0.15) is 5.75 Å². The van der Waals surface area contributed by atoms with E-state index < -0.39 is 0 Å². The zero-order valence-corrected chi connectivity index (χ0v) is 12.8. The third-order valence-electron chi connectivity index (χ3n) is 3.62. The van der Waals surface area contributed by atoms with Crippen LogP contribution in [0.25, 0.3) is 10.8 Å². The third kappa shape index (κ3) is 3.66. The molecule has 2 N–H and O–H groups in total. The van der Waals surface area contributed by atoms with Gasteiger partial charge >= 0.3 is 6.03 Å². The summed E-state index contributed by atoms with van der Waals surface area (Å²) in [6.07, 6.45) is 1.79. The molecule has 2 rings (SSSR count). The van der Waals surface area contributed by atoms with Crippen LogP contribution in [0.2, 0.25) is 0 Å². The second kappa shape index (κ2) is 6.97. The van der Waals surface area contributed by atoms with Crippen molar-refractivity contribution in [1.29, 1.82) is 0 Å². The molecular weight excluding hydrogens is 264 g/mol. The van der Waals surface area contributed by atoms with Crippen LogP contribution in [-0.2, 0) is 12.8 Å². The molecule has 4 nitrogen and oxygen atoms in total. The Labute approximate surface area is 125 Å². The predicted octanol–water partition coefficient (Wildman–Crippen LogP) is 2.88. The number of hydrogen-bond acceptors (Lipinski definition) is 2. The smallest absolute Gasteiger partial charge is 0.314 e. The molecule has 0 saturated carbocycles. The van der Waals surface area contributed by atoms with E-state index in [4.69, 9.17) is 4.74 Å². The Morgan fingerprint density at radius 1 is 1.24 bits per heavy atom. The standard InChI is InChI=1S/C17H22N2O2/c1-4-12-9-13-5-6-15(21-3)11-16(13)14(10-12)7-8-19-17(20)18-2/h5-6,9-11H,4,7-8H2,1-3H3,(H2,18,19,20). The van der Waals surface area contributed by atoms with Crippen molar-refractivity contribution in [3.05, 3.63) is 41.5 Å². The molecule has 0 heterocycles. The quantitative estimate of drug-likeness (QED) is 0.888. The van der Waals surface area contributed by atoms with Crippen LogP contribution in [0.1, 0.15) is 18.1 Å². The lowest BCUT2D eigenvalue weighted by molar-refractivity contribution is 0.243. The minimum atomic E-state index is -0.150. The molecule has 0 aromatic heterocycles. The number of nitrogens with one attached hydrogen (secondary N) is 2. The number of methoxy groups -OCH3 is 1. The molecule has 112 valence electrons. The lowest BCUT2D eigenvalue weighted by Crippen LogP contribution is -2.34. The van der Waals surface area contributed by atoms with E-state index in [0.717, 1.165) is 18.6 Å². The summed E-state index contributed by atoms with van der Waals surface area (Å²) in [6.45, 7) is 2.76. The van der Waals surface area contributed by atoms with Crippen LogP contribution in [0.3, 0.4) is 0 Å². The van der Waals surface area contributed by atoms with Gasteiger partial charge in [-0.25, -0.2) is 4.79 Å². The summed E-state index contributed by atoms with van der Waals surface area (Å²) in [7, 11) is 3.29. The molecule has 0 unspecified atom stereocenters. The largest absolute Gasteiger partial charge is 0.497 e. The SMILES string of the molecule is CCc1cc(CCNC(=O)NC)c2cc(OC)ccc2c1. The molecule has 0 bridgehead atoms. The highest BCUT2D eigenvalue weighted by Crippen LogP contribution is 2.26. The van der Waals surface area contributed by atoms with Crippen molar-refractivity contribution in [2.75, 3.05) is 20.7 Å². The van der Waals surface area contributed by atoms with Crippen molar-refractivity contribution in [2.24, 2.45) is 0 Å². The molecule has 2 amide bonds. The number of ether oxygens (including phenoxy) is 1. The van der Waals surface area contributed by atoms with Gasteiger partial charge < -0.3 is 15.4 Å². The van der Waals surface area contributed by atoms with Gasteiger partial charge in [-0.15, -0.1) is 0 Å². The summed E-state index contributed by atoms with van der Waals surface area (Å²) in [6, 6.07) is 10.4. The average molecular weight is 286 g/mol. The highest BCUT2D eigenvalue weighted by Gasteiger charge is 2.06. The number of carbonyl (C=O) groups is 1. The molecule has 0 spiro atoms. The van der Waals surface area contributed by atoms with Gasteiger partial charge in [-0.05, 0) is 46.9 Å². The highest BCUT2D eigenvalue weighted by atomic mass is 16.5. The lowest BCUT2D eigenvalue weighted by atomic mass is 9.97. The summed E-state index contributed by atoms with van der Waals surface area (Å²) >= 11 is 0. The number of urea groups is 1. The molecule has 2 aromatic rings. The Balaban J connectivity index is 2.31. The fourth-order valence-corrected chi connectivity index (χ4v) is 2.42. The fourth-order valence-electron chi connectivity index (χ4n) is 2.42. The highest BCUT2D eigenvalue weighted by molar-refractivity contribution is 5.88. The van der Waals surface area contributed by atoms with Crippen molar-refractivity contribution in [1.82, 2.24) is 10.6 Å². The Kier molecular flexibility index (Phi) is 5.04. The van der Waals surface area contributed by atoms with Gasteiger partial charge in [0.2, 0.25) is 0 Å². The van der Waals surface area contributed by atoms with Crippen molar-refractivity contribution < 1.29 is 9.53 Å². The van der Waals surface area contributed by atoms with Crippen molar-refractivity contribution in [2.45, 2.75) is 19.8 Å². The average Bonchev–Trinajstić information content (AvgIpc) is 2.53. The van der Waals surface area contributed by atoms with Crippen molar-refractivity contribution in [3.63, 3.8) is 0 Å². The number of carbonyl (C=O) groups excluding carboxylic acids is 1. The molecule has 21 heavy (non-hydrogen) atoms. The summed E-state index contributed by atoms with van der Waals surface area (Å²) < 4.78 is 5.31. The van der Waals surface area contributed by atoms with Crippen molar-refractivity contribution >= 4 is 16.8 Å². The Bertz CT molecular complexity index is 638. The van der Waals surface area contributed by atoms with Gasteiger partial charge in [-0.3, -0.25) is 0 Å². The van der Waals surface area contributed by atoms with Gasteiger partial charge in [-0.1, -0.05) is 25.1 Å². The molecule has 0 aliphatic carbocycles. The van der Waals surface area contributed by atoms with Gasteiger partial charge in [0.05, 0.1) is 7.11 Å². The normalized spacial score (nSPS) is 10.4. The summed E-state index contributed by atoms with van der Waals surface area (Å²) in [4.78, 5) is 11.2. The van der Waals surface area contributed by atoms with E-state index in [0.29, 0.717) is 6.54 Å². The molecule has 0 radical (unpaired) electrons. The van der Waals surface area contributed by atoms with Gasteiger partial charge in [0.25, 0.3) is 0 Å². The first-order valence-electron chi connectivity index (χ1n) is 7.23. The number of benzene rings is 2. The lowest BCUT2D eigenvalue weighted by Gasteiger charge is -2.12. The van der Waals surface area contributed by atoms with Crippen LogP contribution < -0.4 is 15.4 Å². The topological polar surface area (TPSA) is 50.4 Å². The second-order valence-corrected chi connectivity index (χ2v) is 4.95.